The first-order valence-corrected chi connectivity index (χ1v) is 10.5. The average Bonchev–Trinajstić information content (AvgIpc) is 3.07. The lowest BCUT2D eigenvalue weighted by atomic mass is 9.98. The van der Waals surface area contributed by atoms with Crippen molar-refractivity contribution in [2.75, 3.05) is 6.61 Å². The molecule has 1 atom stereocenters. The van der Waals surface area contributed by atoms with Crippen LogP contribution in [-0.4, -0.2) is 44.3 Å². The molecule has 0 bridgehead atoms. The van der Waals surface area contributed by atoms with Gasteiger partial charge in [-0.3, -0.25) is 4.90 Å². The smallest absolute Gasteiger partial charge is 0.411 e. The van der Waals surface area contributed by atoms with Crippen LogP contribution in [0.3, 0.4) is 0 Å². The summed E-state index contributed by atoms with van der Waals surface area (Å²) in [4.78, 5) is 25.7. The number of nitrogens with zero attached hydrogens (tertiary/aromatic N) is 1. The number of amides is 1. The highest BCUT2D eigenvalue weighted by Crippen LogP contribution is 2.51. The molecule has 1 N–H and O–H groups in total. The van der Waals surface area contributed by atoms with Crippen molar-refractivity contribution in [3.8, 4) is 11.1 Å². The van der Waals surface area contributed by atoms with Crippen LogP contribution in [0.1, 0.15) is 44.7 Å². The Balaban J connectivity index is 1.60. The number of hydrogen-bond acceptors (Lipinski definition) is 4. The first kappa shape index (κ1) is 19.8. The molecule has 1 heterocycles. The molecule has 1 fully saturated rings. The lowest BCUT2D eigenvalue weighted by molar-refractivity contribution is -0.144. The normalized spacial score (nSPS) is 21.5. The van der Waals surface area contributed by atoms with E-state index in [1.165, 1.54) is 16.7 Å². The van der Waals surface area contributed by atoms with E-state index < -0.39 is 27.7 Å². The molecule has 2 aliphatic rings. The van der Waals surface area contributed by atoms with Crippen LogP contribution in [0.25, 0.3) is 11.1 Å². The van der Waals surface area contributed by atoms with Crippen LogP contribution in [0.2, 0.25) is 0 Å². The Morgan fingerprint density at radius 1 is 1.00 bits per heavy atom. The lowest BCUT2D eigenvalue weighted by Gasteiger charge is -2.33. The van der Waals surface area contributed by atoms with Crippen LogP contribution in [0.4, 0.5) is 4.79 Å². The van der Waals surface area contributed by atoms with E-state index in [2.05, 4.69) is 24.3 Å². The molecule has 4 rings (SSSR count). The molecule has 152 valence electrons. The molecule has 2 aromatic carbocycles. The van der Waals surface area contributed by atoms with Gasteiger partial charge in [0.25, 0.3) is 0 Å². The summed E-state index contributed by atoms with van der Waals surface area (Å²) < 4.78 is 5.13. The Hall–Kier alpha value is -2.47. The molecule has 1 aliphatic carbocycles. The fraction of sp³-hybridized carbons (Fsp3) is 0.391. The van der Waals surface area contributed by atoms with Gasteiger partial charge in [-0.1, -0.05) is 48.5 Å². The van der Waals surface area contributed by atoms with Crippen molar-refractivity contribution >= 4 is 23.8 Å². The van der Waals surface area contributed by atoms with Gasteiger partial charge < -0.3 is 9.84 Å². The van der Waals surface area contributed by atoms with E-state index in [4.69, 9.17) is 4.74 Å². The Bertz CT molecular complexity index is 939. The van der Waals surface area contributed by atoms with Gasteiger partial charge in [0.1, 0.15) is 12.6 Å². The number of carbonyl (C=O) groups excluding carboxylic acids is 1. The highest BCUT2D eigenvalue weighted by atomic mass is 32.2. The predicted octanol–water partition coefficient (Wildman–Crippen LogP) is 4.95. The van der Waals surface area contributed by atoms with Crippen LogP contribution >= 0.6 is 11.8 Å². The van der Waals surface area contributed by atoms with E-state index in [1.54, 1.807) is 0 Å². The monoisotopic (exact) mass is 411 g/mol. The summed E-state index contributed by atoms with van der Waals surface area (Å²) >= 11 is 1.48. The Morgan fingerprint density at radius 3 is 2.03 bits per heavy atom. The number of carboxylic acids is 1. The van der Waals surface area contributed by atoms with Crippen LogP contribution < -0.4 is 0 Å². The molecule has 1 amide bonds. The summed E-state index contributed by atoms with van der Waals surface area (Å²) in [5.41, 5.74) is 4.58. The molecule has 1 aliphatic heterocycles. The van der Waals surface area contributed by atoms with E-state index >= 15 is 0 Å². The van der Waals surface area contributed by atoms with E-state index in [1.807, 2.05) is 52.0 Å². The largest absolute Gasteiger partial charge is 0.480 e. The van der Waals surface area contributed by atoms with Gasteiger partial charge in [0, 0.05) is 10.7 Å². The SMILES string of the molecule is CC1(C)SC(C)(C)N(C(=O)OCC2c3ccccc3-c3ccccc32)[C@H]1C(=O)O. The Kier molecular flexibility index (Phi) is 4.65. The van der Waals surface area contributed by atoms with Crippen molar-refractivity contribution in [1.29, 1.82) is 0 Å². The maximum absolute atomic E-state index is 13.1. The van der Waals surface area contributed by atoms with Gasteiger partial charge >= 0.3 is 12.1 Å². The van der Waals surface area contributed by atoms with Crippen molar-refractivity contribution in [3.63, 3.8) is 0 Å². The van der Waals surface area contributed by atoms with Gasteiger partial charge in [0.2, 0.25) is 0 Å². The van der Waals surface area contributed by atoms with Crippen LogP contribution in [-0.2, 0) is 9.53 Å². The second-order valence-electron chi connectivity index (χ2n) is 8.57. The van der Waals surface area contributed by atoms with Crippen molar-refractivity contribution in [3.05, 3.63) is 59.7 Å². The summed E-state index contributed by atoms with van der Waals surface area (Å²) in [7, 11) is 0. The molecule has 2 aromatic rings. The molecule has 0 spiro atoms. The number of aliphatic carboxylic acids is 1. The minimum absolute atomic E-state index is 0.0546. The van der Waals surface area contributed by atoms with E-state index in [0.29, 0.717) is 0 Å². The zero-order valence-electron chi connectivity index (χ0n) is 17.0. The summed E-state index contributed by atoms with van der Waals surface area (Å²) in [5, 5.41) is 9.78. The number of rotatable bonds is 3. The zero-order chi connectivity index (χ0) is 21.0. The lowest BCUT2D eigenvalue weighted by Crippen LogP contribution is -2.53. The number of carboxylic acid groups (broad SMARTS) is 1. The van der Waals surface area contributed by atoms with Gasteiger partial charge in [-0.2, -0.15) is 0 Å². The average molecular weight is 412 g/mol. The summed E-state index contributed by atoms with van der Waals surface area (Å²) in [6.07, 6.45) is -0.581. The van der Waals surface area contributed by atoms with Crippen molar-refractivity contribution in [1.82, 2.24) is 4.90 Å². The van der Waals surface area contributed by atoms with Crippen LogP contribution in [0.15, 0.2) is 48.5 Å². The molecule has 1 saturated heterocycles. The number of ether oxygens (including phenoxy) is 1. The first-order chi connectivity index (χ1) is 13.6. The summed E-state index contributed by atoms with van der Waals surface area (Å²) in [6.45, 7) is 7.62. The number of benzene rings is 2. The topological polar surface area (TPSA) is 66.8 Å². The number of fused-ring (bicyclic) bond motifs is 3. The second kappa shape index (κ2) is 6.80. The Labute approximate surface area is 175 Å². The zero-order valence-corrected chi connectivity index (χ0v) is 17.8. The van der Waals surface area contributed by atoms with Gasteiger partial charge in [-0.15, -0.1) is 11.8 Å². The third kappa shape index (κ3) is 3.19. The molecule has 29 heavy (non-hydrogen) atoms. The molecule has 0 aromatic heterocycles. The van der Waals surface area contributed by atoms with Crippen molar-refractivity contribution < 1.29 is 19.4 Å². The van der Waals surface area contributed by atoms with Crippen LogP contribution in [0, 0.1) is 0 Å². The standard InChI is InChI=1S/C23H25NO4S/c1-22(2)19(20(25)26)24(23(3,4)29-22)21(27)28-13-18-16-11-7-5-9-14(16)15-10-6-8-12-17(15)18/h5-12,18-19H,13H2,1-4H3,(H,25,26)/t19-/m0/s1. The molecule has 6 heteroatoms. The summed E-state index contributed by atoms with van der Waals surface area (Å²) in [5.74, 6) is -1.07. The maximum atomic E-state index is 13.1. The number of thioether (sulfide) groups is 1. The van der Waals surface area contributed by atoms with Crippen molar-refractivity contribution in [2.24, 2.45) is 0 Å². The van der Waals surface area contributed by atoms with E-state index in [-0.39, 0.29) is 12.5 Å². The fourth-order valence-electron chi connectivity index (χ4n) is 4.77. The van der Waals surface area contributed by atoms with Gasteiger partial charge in [-0.05, 0) is 49.9 Å². The minimum atomic E-state index is -1.01. The third-order valence-electron chi connectivity index (χ3n) is 5.78. The Morgan fingerprint density at radius 2 is 1.52 bits per heavy atom. The molecule has 0 radical (unpaired) electrons. The molecular weight excluding hydrogens is 386 g/mol. The second-order valence-corrected chi connectivity index (χ2v) is 10.8. The number of carbonyl (C=O) groups is 2. The van der Waals surface area contributed by atoms with Gasteiger partial charge in [0.15, 0.2) is 0 Å². The van der Waals surface area contributed by atoms with Gasteiger partial charge in [0.05, 0.1) is 4.87 Å². The summed E-state index contributed by atoms with van der Waals surface area (Å²) in [6, 6.07) is 15.3. The molecule has 5 nitrogen and oxygen atoms in total. The maximum Gasteiger partial charge on any atom is 0.411 e. The number of hydrogen-bond donors (Lipinski definition) is 1. The molecular formula is C23H25NO4S. The first-order valence-electron chi connectivity index (χ1n) is 9.71. The highest BCUT2D eigenvalue weighted by Gasteiger charge is 2.58. The van der Waals surface area contributed by atoms with Crippen LogP contribution in [0.5, 0.6) is 0 Å². The van der Waals surface area contributed by atoms with Crippen molar-refractivity contribution in [2.45, 2.75) is 49.3 Å². The highest BCUT2D eigenvalue weighted by molar-refractivity contribution is 8.02. The van der Waals surface area contributed by atoms with E-state index in [9.17, 15) is 14.7 Å². The fourth-order valence-corrected chi connectivity index (χ4v) is 6.65. The quantitative estimate of drug-likeness (QED) is 0.774. The third-order valence-corrected chi connectivity index (χ3v) is 7.22. The molecule has 0 unspecified atom stereocenters. The van der Waals surface area contributed by atoms with Gasteiger partial charge in [-0.25, -0.2) is 9.59 Å². The minimum Gasteiger partial charge on any atom is -0.480 e. The predicted molar refractivity (Wildman–Crippen MR) is 114 cm³/mol. The molecule has 0 saturated carbocycles. The van der Waals surface area contributed by atoms with E-state index in [0.717, 1.165) is 22.3 Å².